The Balaban J connectivity index is 1.40. The Hall–Kier alpha value is -2.98. The van der Waals surface area contributed by atoms with Crippen molar-refractivity contribution < 1.29 is 23.5 Å². The number of hydrogen-bond acceptors (Lipinski definition) is 8. The summed E-state index contributed by atoms with van der Waals surface area (Å²) in [7, 11) is 1.61. The predicted molar refractivity (Wildman–Crippen MR) is 110 cm³/mol. The molecule has 166 valence electrons. The predicted octanol–water partition coefficient (Wildman–Crippen LogP) is 0.382. The maximum atomic E-state index is 12.4. The average Bonchev–Trinajstić information content (AvgIpc) is 3.42. The molecule has 1 aromatic carbocycles. The number of benzene rings is 1. The zero-order valence-electron chi connectivity index (χ0n) is 17.7. The summed E-state index contributed by atoms with van der Waals surface area (Å²) in [6.07, 6.45) is 1.08. The molecule has 0 saturated carbocycles. The third-order valence-electron chi connectivity index (χ3n) is 5.64. The molecule has 2 fully saturated rings. The van der Waals surface area contributed by atoms with E-state index in [4.69, 9.17) is 13.9 Å². The zero-order valence-corrected chi connectivity index (χ0v) is 17.7. The topological polar surface area (TPSA) is 119 Å². The molecule has 2 N–H and O–H groups in total. The highest BCUT2D eigenvalue weighted by molar-refractivity contribution is 5.83. The quantitative estimate of drug-likeness (QED) is 0.618. The molecule has 2 aromatic rings. The Kier molecular flexibility index (Phi) is 6.47. The van der Waals surface area contributed by atoms with Crippen molar-refractivity contribution in [2.24, 2.45) is 0 Å². The first-order valence-corrected chi connectivity index (χ1v) is 10.4. The third kappa shape index (κ3) is 4.86. The SMILES string of the molecule is CCOCC(=O)N[C@H]1C[C@H]2C(=O)NC[C@@H](Cc3nnc(-c4ccc(OC)cc4)o3)N2C1. The van der Waals surface area contributed by atoms with Crippen LogP contribution in [-0.2, 0) is 20.7 Å². The second-order valence-corrected chi connectivity index (χ2v) is 7.68. The van der Waals surface area contributed by atoms with E-state index in [0.717, 1.165) is 11.3 Å². The lowest BCUT2D eigenvalue weighted by atomic mass is 10.1. The van der Waals surface area contributed by atoms with Crippen molar-refractivity contribution in [3.63, 3.8) is 0 Å². The first-order chi connectivity index (χ1) is 15.1. The minimum Gasteiger partial charge on any atom is -0.497 e. The molecule has 10 heteroatoms. The van der Waals surface area contributed by atoms with Gasteiger partial charge in [0.05, 0.1) is 13.2 Å². The van der Waals surface area contributed by atoms with Crippen molar-refractivity contribution in [2.75, 3.05) is 33.4 Å². The molecular weight excluding hydrogens is 402 g/mol. The zero-order chi connectivity index (χ0) is 21.8. The van der Waals surface area contributed by atoms with Gasteiger partial charge in [-0.1, -0.05) is 0 Å². The van der Waals surface area contributed by atoms with Crippen LogP contribution in [0.4, 0.5) is 0 Å². The van der Waals surface area contributed by atoms with Crippen molar-refractivity contribution in [2.45, 2.75) is 37.9 Å². The summed E-state index contributed by atoms with van der Waals surface area (Å²) in [6, 6.07) is 7.05. The Bertz CT molecular complexity index is 915. The Morgan fingerprint density at radius 2 is 2.13 bits per heavy atom. The number of rotatable bonds is 8. The Morgan fingerprint density at radius 1 is 1.32 bits per heavy atom. The molecule has 2 amide bonds. The lowest BCUT2D eigenvalue weighted by molar-refractivity contribution is -0.129. The minimum atomic E-state index is -0.278. The number of carbonyl (C=O) groups is 2. The molecule has 0 unspecified atom stereocenters. The lowest BCUT2D eigenvalue weighted by Crippen LogP contribution is -2.58. The van der Waals surface area contributed by atoms with E-state index < -0.39 is 0 Å². The van der Waals surface area contributed by atoms with E-state index in [2.05, 4.69) is 25.7 Å². The second-order valence-electron chi connectivity index (χ2n) is 7.68. The first kappa shape index (κ1) is 21.3. The number of nitrogens with one attached hydrogen (secondary N) is 2. The monoisotopic (exact) mass is 429 g/mol. The maximum absolute atomic E-state index is 12.4. The fourth-order valence-corrected chi connectivity index (χ4v) is 4.12. The van der Waals surface area contributed by atoms with E-state index in [0.29, 0.717) is 44.3 Å². The average molecular weight is 429 g/mol. The van der Waals surface area contributed by atoms with Crippen LogP contribution in [-0.4, -0.2) is 78.5 Å². The maximum Gasteiger partial charge on any atom is 0.247 e. The summed E-state index contributed by atoms with van der Waals surface area (Å²) in [6.45, 7) is 3.45. The number of piperazine rings is 1. The highest BCUT2D eigenvalue weighted by atomic mass is 16.5. The van der Waals surface area contributed by atoms with Gasteiger partial charge < -0.3 is 24.5 Å². The van der Waals surface area contributed by atoms with Crippen LogP contribution in [0, 0.1) is 0 Å². The van der Waals surface area contributed by atoms with Crippen LogP contribution in [0.2, 0.25) is 0 Å². The molecule has 1 aromatic heterocycles. The summed E-state index contributed by atoms with van der Waals surface area (Å²) in [4.78, 5) is 26.5. The number of amides is 2. The molecule has 0 aliphatic carbocycles. The van der Waals surface area contributed by atoms with Crippen molar-refractivity contribution in [1.29, 1.82) is 0 Å². The molecule has 3 heterocycles. The Morgan fingerprint density at radius 3 is 2.87 bits per heavy atom. The molecular formula is C21H27N5O5. The highest BCUT2D eigenvalue weighted by Gasteiger charge is 2.44. The fourth-order valence-electron chi connectivity index (χ4n) is 4.12. The van der Waals surface area contributed by atoms with E-state index in [1.54, 1.807) is 7.11 Å². The van der Waals surface area contributed by atoms with Crippen LogP contribution in [0.25, 0.3) is 11.5 Å². The van der Waals surface area contributed by atoms with E-state index in [1.165, 1.54) is 0 Å². The summed E-state index contributed by atoms with van der Waals surface area (Å²) >= 11 is 0. The second kappa shape index (κ2) is 9.44. The molecule has 31 heavy (non-hydrogen) atoms. The standard InChI is InChI=1S/C21H27N5O5/c1-3-30-12-18(27)23-14-8-17-20(28)22-10-15(26(17)11-14)9-19-24-25-21(31-19)13-4-6-16(29-2)7-5-13/h4-7,14-15,17H,3,8-12H2,1-2H3,(H,22,28)(H,23,27)/t14-,15+,17-/m0/s1. The third-order valence-corrected chi connectivity index (χ3v) is 5.64. The van der Waals surface area contributed by atoms with E-state index in [-0.39, 0.29) is 36.5 Å². The normalized spacial score (nSPS) is 23.3. The highest BCUT2D eigenvalue weighted by Crippen LogP contribution is 2.27. The number of methoxy groups -OCH3 is 1. The van der Waals surface area contributed by atoms with Gasteiger partial charge >= 0.3 is 0 Å². The van der Waals surface area contributed by atoms with Gasteiger partial charge in [0.2, 0.25) is 23.6 Å². The van der Waals surface area contributed by atoms with Gasteiger partial charge in [-0.2, -0.15) is 0 Å². The summed E-state index contributed by atoms with van der Waals surface area (Å²) in [5.41, 5.74) is 0.813. The van der Waals surface area contributed by atoms with Gasteiger partial charge in [0, 0.05) is 43.8 Å². The van der Waals surface area contributed by atoms with Crippen LogP contribution in [0.1, 0.15) is 19.2 Å². The van der Waals surface area contributed by atoms with Gasteiger partial charge in [-0.3, -0.25) is 14.5 Å². The molecule has 2 saturated heterocycles. The number of fused-ring (bicyclic) bond motifs is 1. The molecule has 0 radical (unpaired) electrons. The van der Waals surface area contributed by atoms with E-state index >= 15 is 0 Å². The van der Waals surface area contributed by atoms with Gasteiger partial charge in [0.15, 0.2) is 0 Å². The molecule has 10 nitrogen and oxygen atoms in total. The van der Waals surface area contributed by atoms with Crippen LogP contribution in [0.3, 0.4) is 0 Å². The van der Waals surface area contributed by atoms with Gasteiger partial charge in [-0.15, -0.1) is 10.2 Å². The Labute approximate surface area is 180 Å². The van der Waals surface area contributed by atoms with Crippen molar-refractivity contribution in [3.8, 4) is 17.2 Å². The molecule has 0 bridgehead atoms. The number of aromatic nitrogens is 2. The van der Waals surface area contributed by atoms with Crippen LogP contribution in [0.5, 0.6) is 5.75 Å². The van der Waals surface area contributed by atoms with Gasteiger partial charge in [0.1, 0.15) is 12.4 Å². The van der Waals surface area contributed by atoms with Crippen molar-refractivity contribution in [3.05, 3.63) is 30.2 Å². The largest absolute Gasteiger partial charge is 0.497 e. The summed E-state index contributed by atoms with van der Waals surface area (Å²) in [5.74, 6) is 1.53. The van der Waals surface area contributed by atoms with Crippen molar-refractivity contribution in [1.82, 2.24) is 25.7 Å². The molecule has 2 aliphatic rings. The molecule has 2 aliphatic heterocycles. The first-order valence-electron chi connectivity index (χ1n) is 10.4. The number of hydrogen-bond donors (Lipinski definition) is 2. The summed E-state index contributed by atoms with van der Waals surface area (Å²) in [5, 5.41) is 14.3. The molecule has 0 spiro atoms. The van der Waals surface area contributed by atoms with Gasteiger partial charge in [-0.25, -0.2) is 0 Å². The molecule has 3 atom stereocenters. The van der Waals surface area contributed by atoms with Crippen LogP contribution in [0.15, 0.2) is 28.7 Å². The van der Waals surface area contributed by atoms with Crippen LogP contribution < -0.4 is 15.4 Å². The van der Waals surface area contributed by atoms with Crippen molar-refractivity contribution >= 4 is 11.8 Å². The minimum absolute atomic E-state index is 0.0118. The number of carbonyl (C=O) groups excluding carboxylic acids is 2. The molecule has 4 rings (SSSR count). The lowest BCUT2D eigenvalue weighted by Gasteiger charge is -2.36. The number of nitrogens with zero attached hydrogens (tertiary/aromatic N) is 3. The van der Waals surface area contributed by atoms with E-state index in [9.17, 15) is 9.59 Å². The van der Waals surface area contributed by atoms with Gasteiger partial charge in [-0.05, 0) is 37.6 Å². The smallest absolute Gasteiger partial charge is 0.247 e. The van der Waals surface area contributed by atoms with Crippen LogP contribution >= 0.6 is 0 Å². The van der Waals surface area contributed by atoms with E-state index in [1.807, 2.05) is 31.2 Å². The number of ether oxygens (including phenoxy) is 2. The fraction of sp³-hybridized carbons (Fsp3) is 0.524. The van der Waals surface area contributed by atoms with Gasteiger partial charge in [0.25, 0.3) is 0 Å². The summed E-state index contributed by atoms with van der Waals surface area (Å²) < 4.78 is 16.2.